The van der Waals surface area contributed by atoms with Crippen LogP contribution in [0.2, 0.25) is 0 Å². The fraction of sp³-hybridized carbons (Fsp3) is 0.312. The number of pyridine rings is 1. The van der Waals surface area contributed by atoms with E-state index in [2.05, 4.69) is 52.1 Å². The van der Waals surface area contributed by atoms with E-state index in [1.54, 1.807) is 0 Å². The summed E-state index contributed by atoms with van der Waals surface area (Å²) in [4.78, 5) is 4.54. The van der Waals surface area contributed by atoms with Gasteiger partial charge < -0.3 is 5.73 Å². The molecule has 0 radical (unpaired) electrons. The number of aryl methyl sites for hydroxylation is 2. The van der Waals surface area contributed by atoms with Gasteiger partial charge >= 0.3 is 0 Å². The molecule has 0 saturated carbocycles. The van der Waals surface area contributed by atoms with Crippen molar-refractivity contribution in [2.24, 2.45) is 5.73 Å². The largest absolute Gasteiger partial charge is 0.323 e. The molecule has 0 saturated heterocycles. The smallest absolute Gasteiger partial charge is 0.0485 e. The van der Waals surface area contributed by atoms with Crippen molar-refractivity contribution >= 4 is 15.9 Å². The van der Waals surface area contributed by atoms with Crippen molar-refractivity contribution in [3.05, 3.63) is 63.4 Å². The van der Waals surface area contributed by atoms with Crippen LogP contribution in [0, 0.1) is 6.92 Å². The number of fused-ring (bicyclic) bond motifs is 1. The molecular formula is C16H17BrN2. The first-order valence-corrected chi connectivity index (χ1v) is 7.41. The molecule has 2 unspecified atom stereocenters. The minimum Gasteiger partial charge on any atom is -0.323 e. The van der Waals surface area contributed by atoms with Crippen LogP contribution in [-0.2, 0) is 6.42 Å². The molecule has 0 amide bonds. The zero-order valence-corrected chi connectivity index (χ0v) is 12.5. The summed E-state index contributed by atoms with van der Waals surface area (Å²) in [5.74, 6) is 0.339. The first-order valence-electron chi connectivity index (χ1n) is 6.62. The van der Waals surface area contributed by atoms with Gasteiger partial charge in [0.25, 0.3) is 0 Å². The maximum atomic E-state index is 6.47. The van der Waals surface area contributed by atoms with E-state index in [0.29, 0.717) is 5.92 Å². The molecule has 0 bridgehead atoms. The molecule has 0 spiro atoms. The normalized spacial score (nSPS) is 19.2. The molecule has 2 nitrogen and oxygen atoms in total. The molecule has 0 fully saturated rings. The number of rotatable bonds is 2. The van der Waals surface area contributed by atoms with Gasteiger partial charge in [-0.3, -0.25) is 4.98 Å². The van der Waals surface area contributed by atoms with Crippen LogP contribution in [0.3, 0.4) is 0 Å². The van der Waals surface area contributed by atoms with E-state index in [-0.39, 0.29) is 6.04 Å². The van der Waals surface area contributed by atoms with Crippen molar-refractivity contribution < 1.29 is 0 Å². The van der Waals surface area contributed by atoms with Crippen LogP contribution >= 0.6 is 15.9 Å². The average Bonchev–Trinajstić information content (AvgIpc) is 2.85. The van der Waals surface area contributed by atoms with Gasteiger partial charge in [0, 0.05) is 28.3 Å². The van der Waals surface area contributed by atoms with Gasteiger partial charge in [0.1, 0.15) is 0 Å². The lowest BCUT2D eigenvalue weighted by atomic mass is 9.91. The van der Waals surface area contributed by atoms with Gasteiger partial charge in [0.05, 0.1) is 0 Å². The van der Waals surface area contributed by atoms with Crippen LogP contribution < -0.4 is 5.73 Å². The molecule has 3 rings (SSSR count). The standard InChI is InChI=1S/C16H17BrN2/c1-10-4-5-12(9-14(10)17)15(18)13-7-6-11-3-2-8-19-16(11)13/h2-5,8-9,13,15H,6-7,18H2,1H3. The first-order chi connectivity index (χ1) is 9.16. The summed E-state index contributed by atoms with van der Waals surface area (Å²) in [6, 6.07) is 10.6. The Kier molecular flexibility index (Phi) is 3.42. The average molecular weight is 317 g/mol. The van der Waals surface area contributed by atoms with Crippen LogP contribution in [0.1, 0.15) is 40.8 Å². The second kappa shape index (κ2) is 5.06. The summed E-state index contributed by atoms with van der Waals surface area (Å²) in [5, 5.41) is 0. The molecule has 0 aliphatic heterocycles. The fourth-order valence-electron chi connectivity index (χ4n) is 2.84. The molecule has 1 aromatic heterocycles. The van der Waals surface area contributed by atoms with Crippen LogP contribution in [0.5, 0.6) is 0 Å². The molecule has 3 heteroatoms. The Morgan fingerprint density at radius 3 is 3.00 bits per heavy atom. The molecule has 2 atom stereocenters. The molecule has 19 heavy (non-hydrogen) atoms. The Balaban J connectivity index is 1.93. The molecule has 1 aliphatic rings. The minimum absolute atomic E-state index is 0.0213. The molecule has 2 N–H and O–H groups in total. The van der Waals surface area contributed by atoms with Gasteiger partial charge in [-0.2, -0.15) is 0 Å². The van der Waals surface area contributed by atoms with Crippen molar-refractivity contribution in [2.45, 2.75) is 31.7 Å². The third-order valence-corrected chi connectivity index (χ3v) is 4.87. The monoisotopic (exact) mass is 316 g/mol. The number of hydrogen-bond donors (Lipinski definition) is 1. The van der Waals surface area contributed by atoms with E-state index >= 15 is 0 Å². The molecule has 2 aromatic rings. The fourth-order valence-corrected chi connectivity index (χ4v) is 3.24. The lowest BCUT2D eigenvalue weighted by Gasteiger charge is -2.20. The number of aromatic nitrogens is 1. The Labute approximate surface area is 122 Å². The topological polar surface area (TPSA) is 38.9 Å². The second-order valence-corrected chi connectivity index (χ2v) is 6.08. The summed E-state index contributed by atoms with van der Waals surface area (Å²) < 4.78 is 1.12. The third-order valence-electron chi connectivity index (χ3n) is 4.02. The van der Waals surface area contributed by atoms with E-state index < -0.39 is 0 Å². The number of nitrogens with zero attached hydrogens (tertiary/aromatic N) is 1. The highest BCUT2D eigenvalue weighted by molar-refractivity contribution is 9.10. The second-order valence-electron chi connectivity index (χ2n) is 5.23. The summed E-state index contributed by atoms with van der Waals surface area (Å²) in [7, 11) is 0. The van der Waals surface area contributed by atoms with Crippen molar-refractivity contribution in [3.8, 4) is 0 Å². The van der Waals surface area contributed by atoms with Crippen molar-refractivity contribution in [1.82, 2.24) is 4.98 Å². The van der Waals surface area contributed by atoms with E-state index in [0.717, 1.165) is 17.3 Å². The Morgan fingerprint density at radius 2 is 2.21 bits per heavy atom. The van der Waals surface area contributed by atoms with E-state index in [9.17, 15) is 0 Å². The highest BCUT2D eigenvalue weighted by Crippen LogP contribution is 2.39. The molecule has 1 aromatic carbocycles. The number of halogens is 1. The quantitative estimate of drug-likeness (QED) is 0.913. The van der Waals surface area contributed by atoms with E-state index in [1.165, 1.54) is 22.4 Å². The van der Waals surface area contributed by atoms with Gasteiger partial charge in [-0.1, -0.05) is 34.1 Å². The SMILES string of the molecule is Cc1ccc(C(N)C2CCc3cccnc32)cc1Br. The van der Waals surface area contributed by atoms with Gasteiger partial charge in [-0.25, -0.2) is 0 Å². The van der Waals surface area contributed by atoms with Gasteiger partial charge in [-0.05, 0) is 48.6 Å². The lowest BCUT2D eigenvalue weighted by Crippen LogP contribution is -2.19. The Bertz CT molecular complexity index is 609. The molecule has 1 heterocycles. The van der Waals surface area contributed by atoms with Gasteiger partial charge in [0.2, 0.25) is 0 Å². The Hall–Kier alpha value is -1.19. The highest BCUT2D eigenvalue weighted by atomic mass is 79.9. The lowest BCUT2D eigenvalue weighted by molar-refractivity contribution is 0.541. The van der Waals surface area contributed by atoms with Crippen LogP contribution in [0.15, 0.2) is 41.0 Å². The van der Waals surface area contributed by atoms with E-state index in [4.69, 9.17) is 5.73 Å². The third kappa shape index (κ3) is 2.33. The predicted octanol–water partition coefficient (Wildman–Crippen LogP) is 3.88. The predicted molar refractivity (Wildman–Crippen MR) is 81.1 cm³/mol. The maximum absolute atomic E-state index is 6.47. The Morgan fingerprint density at radius 1 is 1.37 bits per heavy atom. The summed E-state index contributed by atoms with van der Waals surface area (Å²) in [6.07, 6.45) is 4.06. The maximum Gasteiger partial charge on any atom is 0.0485 e. The van der Waals surface area contributed by atoms with Crippen LogP contribution in [0.25, 0.3) is 0 Å². The number of hydrogen-bond acceptors (Lipinski definition) is 2. The van der Waals surface area contributed by atoms with Crippen LogP contribution in [0.4, 0.5) is 0 Å². The zero-order chi connectivity index (χ0) is 13.4. The highest BCUT2D eigenvalue weighted by Gasteiger charge is 2.29. The summed E-state index contributed by atoms with van der Waals surface area (Å²) >= 11 is 3.58. The van der Waals surface area contributed by atoms with Gasteiger partial charge in [0.15, 0.2) is 0 Å². The molecule has 98 valence electrons. The van der Waals surface area contributed by atoms with Crippen molar-refractivity contribution in [3.63, 3.8) is 0 Å². The van der Waals surface area contributed by atoms with Gasteiger partial charge in [-0.15, -0.1) is 0 Å². The molecule has 1 aliphatic carbocycles. The molecular weight excluding hydrogens is 300 g/mol. The minimum atomic E-state index is 0.0213. The van der Waals surface area contributed by atoms with Crippen molar-refractivity contribution in [2.75, 3.05) is 0 Å². The van der Waals surface area contributed by atoms with Crippen molar-refractivity contribution in [1.29, 1.82) is 0 Å². The summed E-state index contributed by atoms with van der Waals surface area (Å²) in [5.41, 5.74) is 11.4. The number of nitrogens with two attached hydrogens (primary N) is 1. The first kappa shape index (κ1) is 12.8. The van der Waals surface area contributed by atoms with Crippen LogP contribution in [-0.4, -0.2) is 4.98 Å². The number of benzene rings is 1. The summed E-state index contributed by atoms with van der Waals surface area (Å²) in [6.45, 7) is 2.09. The zero-order valence-electron chi connectivity index (χ0n) is 10.9. The van der Waals surface area contributed by atoms with E-state index in [1.807, 2.05) is 12.3 Å².